The van der Waals surface area contributed by atoms with E-state index in [-0.39, 0.29) is 12.8 Å². The summed E-state index contributed by atoms with van der Waals surface area (Å²) in [6.45, 7) is 1.62. The smallest absolute Gasteiger partial charge is 0.416 e. The molecule has 0 saturated heterocycles. The molecule has 0 radical (unpaired) electrons. The molecule has 38 heavy (non-hydrogen) atoms. The molecule has 1 heterocycles. The van der Waals surface area contributed by atoms with Crippen molar-refractivity contribution in [1.82, 2.24) is 10.2 Å². The molecule has 8 nitrogen and oxygen atoms in total. The molecule has 0 spiro atoms. The molecule has 0 saturated carbocycles. The predicted octanol–water partition coefficient (Wildman–Crippen LogP) is 5.73. The number of nitrogens with zero attached hydrogens (tertiary/aromatic N) is 1. The van der Waals surface area contributed by atoms with Gasteiger partial charge in [-0.15, -0.1) is 0 Å². The lowest BCUT2D eigenvalue weighted by molar-refractivity contribution is -0.138. The Morgan fingerprint density at radius 1 is 1.00 bits per heavy atom. The van der Waals surface area contributed by atoms with Gasteiger partial charge in [0, 0.05) is 24.2 Å². The quantitative estimate of drug-likeness (QED) is 0.356. The van der Waals surface area contributed by atoms with E-state index in [0.717, 1.165) is 33.0 Å². The number of carboxylic acid groups (broad SMARTS) is 1. The number of nitrogens with one attached hydrogen (secondary N) is 1. The van der Waals surface area contributed by atoms with Crippen LogP contribution in [0, 0.1) is 0 Å². The summed E-state index contributed by atoms with van der Waals surface area (Å²) in [5.41, 5.74) is 3.84. The summed E-state index contributed by atoms with van der Waals surface area (Å²) >= 11 is 0. The van der Waals surface area contributed by atoms with Crippen LogP contribution < -0.4 is 14.8 Å². The average molecular weight is 515 g/mol. The van der Waals surface area contributed by atoms with E-state index in [1.165, 1.54) is 7.11 Å². The number of carbonyl (C=O) groups is 2. The number of ether oxygens (including phenoxy) is 3. The number of carbonyl (C=O) groups excluding carboxylic acids is 1. The van der Waals surface area contributed by atoms with Gasteiger partial charge >= 0.3 is 12.1 Å². The molecule has 4 rings (SSSR count). The largest absolute Gasteiger partial charge is 0.497 e. The summed E-state index contributed by atoms with van der Waals surface area (Å²) in [6, 6.07) is 24.1. The van der Waals surface area contributed by atoms with Crippen LogP contribution in [0.4, 0.5) is 4.79 Å². The Morgan fingerprint density at radius 2 is 1.68 bits per heavy atom. The number of rotatable bonds is 10. The third-order valence-corrected chi connectivity index (χ3v) is 5.94. The fourth-order valence-electron chi connectivity index (χ4n) is 3.93. The Bertz CT molecular complexity index is 1300. The van der Waals surface area contributed by atoms with Crippen LogP contribution in [0.5, 0.6) is 11.5 Å². The maximum Gasteiger partial charge on any atom is 0.416 e. The van der Waals surface area contributed by atoms with Gasteiger partial charge in [-0.3, -0.25) is 9.69 Å². The topological polar surface area (TPSA) is 97.3 Å². The zero-order chi connectivity index (χ0) is 26.9. The lowest BCUT2D eigenvalue weighted by atomic mass is 10.1. The van der Waals surface area contributed by atoms with Crippen molar-refractivity contribution in [3.63, 3.8) is 0 Å². The van der Waals surface area contributed by atoms with E-state index in [4.69, 9.17) is 14.2 Å². The maximum absolute atomic E-state index is 12.7. The Morgan fingerprint density at radius 3 is 2.34 bits per heavy atom. The molecular weight excluding hydrogens is 484 g/mol. The summed E-state index contributed by atoms with van der Waals surface area (Å²) in [5, 5.41) is 12.7. The SMILES string of the molecule is COc1ccc(OC(=O)N(CC(=O)O)Cc2ccc(C=CCC3=C(C)NC(c4ccccc4)O3)cc2)cc1. The highest BCUT2D eigenvalue weighted by atomic mass is 16.6. The highest BCUT2D eigenvalue weighted by Gasteiger charge is 2.22. The van der Waals surface area contributed by atoms with E-state index < -0.39 is 18.6 Å². The number of hydrogen-bond donors (Lipinski definition) is 2. The summed E-state index contributed by atoms with van der Waals surface area (Å²) in [4.78, 5) is 25.1. The molecule has 196 valence electrons. The van der Waals surface area contributed by atoms with Gasteiger partial charge in [0.05, 0.1) is 7.11 Å². The van der Waals surface area contributed by atoms with E-state index in [1.807, 2.05) is 73.7 Å². The maximum atomic E-state index is 12.7. The van der Waals surface area contributed by atoms with E-state index in [2.05, 4.69) is 5.32 Å². The monoisotopic (exact) mass is 514 g/mol. The molecule has 3 aromatic carbocycles. The molecule has 1 atom stereocenters. The van der Waals surface area contributed by atoms with E-state index >= 15 is 0 Å². The van der Waals surface area contributed by atoms with Crippen molar-refractivity contribution in [3.8, 4) is 11.5 Å². The highest BCUT2D eigenvalue weighted by Crippen LogP contribution is 2.29. The van der Waals surface area contributed by atoms with Crippen molar-refractivity contribution in [2.45, 2.75) is 26.1 Å². The second kappa shape index (κ2) is 12.5. The zero-order valence-corrected chi connectivity index (χ0v) is 21.3. The van der Waals surface area contributed by atoms with Gasteiger partial charge in [0.25, 0.3) is 0 Å². The van der Waals surface area contributed by atoms with Crippen LogP contribution in [0.25, 0.3) is 6.08 Å². The lowest BCUT2D eigenvalue weighted by Gasteiger charge is -2.20. The van der Waals surface area contributed by atoms with Crippen molar-refractivity contribution >= 4 is 18.1 Å². The number of benzene rings is 3. The van der Waals surface area contributed by atoms with Crippen molar-refractivity contribution < 1.29 is 28.9 Å². The third kappa shape index (κ3) is 7.16. The second-order valence-corrected chi connectivity index (χ2v) is 8.74. The molecular formula is C30H30N2O6. The Hall–Kier alpha value is -4.72. The summed E-state index contributed by atoms with van der Waals surface area (Å²) in [6.07, 6.45) is 3.75. The minimum Gasteiger partial charge on any atom is -0.497 e. The Balaban J connectivity index is 1.33. The molecule has 1 aliphatic heterocycles. The van der Waals surface area contributed by atoms with Crippen LogP contribution in [0.2, 0.25) is 0 Å². The summed E-state index contributed by atoms with van der Waals surface area (Å²) < 4.78 is 16.5. The molecule has 3 aromatic rings. The number of hydrogen-bond acceptors (Lipinski definition) is 6. The van der Waals surface area contributed by atoms with Gasteiger partial charge in [-0.05, 0) is 42.3 Å². The van der Waals surface area contributed by atoms with Gasteiger partial charge in [0.1, 0.15) is 23.8 Å². The first-order valence-electron chi connectivity index (χ1n) is 12.2. The molecule has 0 fully saturated rings. The van der Waals surface area contributed by atoms with Gasteiger partial charge in [-0.25, -0.2) is 4.79 Å². The lowest BCUT2D eigenvalue weighted by Crippen LogP contribution is -2.37. The van der Waals surface area contributed by atoms with E-state index in [0.29, 0.717) is 17.9 Å². The van der Waals surface area contributed by atoms with Gasteiger partial charge < -0.3 is 24.6 Å². The molecule has 0 bridgehead atoms. The van der Waals surface area contributed by atoms with E-state index in [9.17, 15) is 14.7 Å². The van der Waals surface area contributed by atoms with Gasteiger partial charge in [-0.1, -0.05) is 66.7 Å². The zero-order valence-electron chi connectivity index (χ0n) is 21.3. The summed E-state index contributed by atoms with van der Waals surface area (Å²) in [7, 11) is 1.54. The molecule has 1 unspecified atom stereocenters. The van der Waals surface area contributed by atoms with Crippen LogP contribution in [0.3, 0.4) is 0 Å². The van der Waals surface area contributed by atoms with Crippen molar-refractivity contribution in [2.75, 3.05) is 13.7 Å². The fraction of sp³-hybridized carbons (Fsp3) is 0.200. The molecule has 0 aliphatic carbocycles. The fourth-order valence-corrected chi connectivity index (χ4v) is 3.93. The van der Waals surface area contributed by atoms with Crippen molar-refractivity contribution in [1.29, 1.82) is 0 Å². The first-order valence-corrected chi connectivity index (χ1v) is 12.2. The Kier molecular flexibility index (Phi) is 8.66. The van der Waals surface area contributed by atoms with Gasteiger partial charge in [0.2, 0.25) is 0 Å². The van der Waals surface area contributed by atoms with Crippen LogP contribution in [-0.4, -0.2) is 35.7 Å². The first kappa shape index (κ1) is 26.3. The number of carboxylic acids is 1. The molecule has 1 aliphatic rings. The standard InChI is InChI=1S/C30H30N2O6/c1-21-27(38-29(31-21)24-8-4-3-5-9-24)10-6-7-22-11-13-23(14-12-22)19-32(20-28(33)34)30(35)37-26-17-15-25(36-2)16-18-26/h3-9,11-18,29,31H,10,19-20H2,1-2H3,(H,33,34). The predicted molar refractivity (Wildman–Crippen MR) is 143 cm³/mol. The van der Waals surface area contributed by atoms with Gasteiger partial charge in [-0.2, -0.15) is 0 Å². The average Bonchev–Trinajstić information content (AvgIpc) is 3.30. The van der Waals surface area contributed by atoms with Crippen LogP contribution in [0.1, 0.15) is 36.3 Å². The van der Waals surface area contributed by atoms with Crippen molar-refractivity contribution in [3.05, 3.63) is 113 Å². The van der Waals surface area contributed by atoms with Gasteiger partial charge in [0.15, 0.2) is 6.23 Å². The molecule has 2 N–H and O–H groups in total. The minimum atomic E-state index is -1.13. The van der Waals surface area contributed by atoms with Crippen LogP contribution in [0.15, 0.2) is 96.4 Å². The minimum absolute atomic E-state index is 0.0950. The molecule has 8 heteroatoms. The third-order valence-electron chi connectivity index (χ3n) is 5.94. The van der Waals surface area contributed by atoms with Crippen LogP contribution >= 0.6 is 0 Å². The second-order valence-electron chi connectivity index (χ2n) is 8.74. The summed E-state index contributed by atoms with van der Waals surface area (Å²) in [5.74, 6) is 0.691. The first-order chi connectivity index (χ1) is 18.4. The molecule has 0 aromatic heterocycles. The highest BCUT2D eigenvalue weighted by molar-refractivity contribution is 5.78. The normalized spacial score (nSPS) is 14.6. The number of aliphatic carboxylic acids is 1. The van der Waals surface area contributed by atoms with E-state index in [1.54, 1.807) is 24.3 Å². The Labute approximate surface area is 221 Å². The number of allylic oxidation sites excluding steroid dienone is 2. The van der Waals surface area contributed by atoms with Crippen molar-refractivity contribution in [2.24, 2.45) is 0 Å². The number of amides is 1. The van der Waals surface area contributed by atoms with Crippen LogP contribution in [-0.2, 0) is 16.1 Å². The molecule has 1 amide bonds. The number of methoxy groups -OCH3 is 1.